The van der Waals surface area contributed by atoms with Crippen LogP contribution in [0.4, 0.5) is 0 Å². The minimum atomic E-state index is 0.0738. The predicted molar refractivity (Wildman–Crippen MR) is 90.4 cm³/mol. The van der Waals surface area contributed by atoms with E-state index in [0.717, 1.165) is 57.1 Å². The molecule has 3 heterocycles. The third-order valence-electron chi connectivity index (χ3n) is 5.21. The van der Waals surface area contributed by atoms with Crippen LogP contribution in [-0.2, 0) is 22.7 Å². The van der Waals surface area contributed by atoms with E-state index in [1.165, 1.54) is 5.69 Å². The number of nitrogens with zero attached hydrogens (tertiary/aromatic N) is 4. The molecule has 0 radical (unpaired) electrons. The average molecular weight is 333 g/mol. The summed E-state index contributed by atoms with van der Waals surface area (Å²) in [5.41, 5.74) is 2.31. The summed E-state index contributed by atoms with van der Waals surface area (Å²) < 4.78 is 2.25. The highest BCUT2D eigenvalue weighted by atomic mass is 16.2. The van der Waals surface area contributed by atoms with Crippen LogP contribution in [0.2, 0.25) is 0 Å². The normalized spacial score (nSPS) is 19.2. The molecule has 0 bridgehead atoms. The van der Waals surface area contributed by atoms with Crippen LogP contribution in [0.25, 0.3) is 0 Å². The van der Waals surface area contributed by atoms with Crippen molar-refractivity contribution in [1.82, 2.24) is 24.7 Å². The molecule has 0 aromatic carbocycles. The topological polar surface area (TPSA) is 70.5 Å². The van der Waals surface area contributed by atoms with Gasteiger partial charge in [-0.3, -0.25) is 14.5 Å². The molecule has 0 saturated carbocycles. The number of amides is 2. The van der Waals surface area contributed by atoms with Gasteiger partial charge in [-0.2, -0.15) is 0 Å². The Labute approximate surface area is 143 Å². The zero-order valence-corrected chi connectivity index (χ0v) is 14.8. The Morgan fingerprint density at radius 2 is 1.88 bits per heavy atom. The summed E-state index contributed by atoms with van der Waals surface area (Å²) in [5.74, 6) is 1.25. The van der Waals surface area contributed by atoms with Crippen LogP contribution in [0.1, 0.15) is 37.0 Å². The van der Waals surface area contributed by atoms with Gasteiger partial charge in [0.1, 0.15) is 5.82 Å². The van der Waals surface area contributed by atoms with Crippen molar-refractivity contribution >= 4 is 11.8 Å². The van der Waals surface area contributed by atoms with E-state index >= 15 is 0 Å². The second-order valence-corrected chi connectivity index (χ2v) is 6.91. The minimum absolute atomic E-state index is 0.0738. The van der Waals surface area contributed by atoms with Crippen molar-refractivity contribution in [2.24, 2.45) is 0 Å². The van der Waals surface area contributed by atoms with Crippen LogP contribution in [0.3, 0.4) is 0 Å². The van der Waals surface area contributed by atoms with Crippen LogP contribution in [0.15, 0.2) is 0 Å². The largest absolute Gasteiger partial charge is 0.352 e. The SMILES string of the molecule is CC(=O)N1CCC(NC(=O)CN2CCn3c(nc(C)c3C)C2)CC1. The molecule has 0 aliphatic carbocycles. The van der Waals surface area contributed by atoms with Crippen molar-refractivity contribution in [3.63, 3.8) is 0 Å². The van der Waals surface area contributed by atoms with E-state index in [0.29, 0.717) is 6.54 Å². The molecule has 132 valence electrons. The maximum atomic E-state index is 12.3. The van der Waals surface area contributed by atoms with Crippen molar-refractivity contribution in [3.8, 4) is 0 Å². The van der Waals surface area contributed by atoms with Crippen molar-refractivity contribution in [1.29, 1.82) is 0 Å². The van der Waals surface area contributed by atoms with Gasteiger partial charge in [0.25, 0.3) is 0 Å². The Morgan fingerprint density at radius 1 is 1.17 bits per heavy atom. The van der Waals surface area contributed by atoms with Gasteiger partial charge in [0.2, 0.25) is 11.8 Å². The van der Waals surface area contributed by atoms with E-state index in [4.69, 9.17) is 0 Å². The summed E-state index contributed by atoms with van der Waals surface area (Å²) in [5, 5.41) is 3.12. The minimum Gasteiger partial charge on any atom is -0.352 e. The molecule has 24 heavy (non-hydrogen) atoms. The number of rotatable bonds is 3. The number of piperidine rings is 1. The molecular weight excluding hydrogens is 306 g/mol. The lowest BCUT2D eigenvalue weighted by atomic mass is 10.1. The van der Waals surface area contributed by atoms with Crippen LogP contribution >= 0.6 is 0 Å². The third kappa shape index (κ3) is 3.61. The van der Waals surface area contributed by atoms with E-state index in [9.17, 15) is 9.59 Å². The summed E-state index contributed by atoms with van der Waals surface area (Å²) in [6, 6.07) is 0.185. The average Bonchev–Trinajstić information content (AvgIpc) is 2.82. The smallest absolute Gasteiger partial charge is 0.234 e. The monoisotopic (exact) mass is 333 g/mol. The lowest BCUT2D eigenvalue weighted by molar-refractivity contribution is -0.130. The van der Waals surface area contributed by atoms with E-state index < -0.39 is 0 Å². The fourth-order valence-corrected chi connectivity index (χ4v) is 3.61. The van der Waals surface area contributed by atoms with Gasteiger partial charge >= 0.3 is 0 Å². The fraction of sp³-hybridized carbons (Fsp3) is 0.706. The zero-order valence-electron chi connectivity index (χ0n) is 14.8. The highest BCUT2D eigenvalue weighted by Crippen LogP contribution is 2.17. The Morgan fingerprint density at radius 3 is 2.54 bits per heavy atom. The fourth-order valence-electron chi connectivity index (χ4n) is 3.61. The van der Waals surface area contributed by atoms with Crippen LogP contribution in [0, 0.1) is 13.8 Å². The predicted octanol–water partition coefficient (Wildman–Crippen LogP) is 0.443. The standard InChI is InChI=1S/C17H27N5O2/c1-12-13(2)22-9-8-20(10-16(22)18-12)11-17(24)19-15-4-6-21(7-5-15)14(3)23/h15H,4-11H2,1-3H3,(H,19,24). The number of nitrogens with one attached hydrogen (secondary N) is 1. The van der Waals surface area contributed by atoms with Crippen molar-refractivity contribution in [2.45, 2.75) is 52.7 Å². The second-order valence-electron chi connectivity index (χ2n) is 6.91. The first kappa shape index (κ1) is 17.0. The number of hydrogen-bond acceptors (Lipinski definition) is 4. The van der Waals surface area contributed by atoms with Gasteiger partial charge in [-0.05, 0) is 26.7 Å². The van der Waals surface area contributed by atoms with Crippen LogP contribution in [-0.4, -0.2) is 63.4 Å². The number of carbonyl (C=O) groups is 2. The number of hydrogen-bond donors (Lipinski definition) is 1. The molecule has 7 nitrogen and oxygen atoms in total. The Kier molecular flexibility index (Phi) is 4.89. The van der Waals surface area contributed by atoms with E-state index in [1.807, 2.05) is 11.8 Å². The van der Waals surface area contributed by atoms with Gasteiger partial charge in [0.15, 0.2) is 0 Å². The second kappa shape index (κ2) is 6.93. The first-order chi connectivity index (χ1) is 11.4. The van der Waals surface area contributed by atoms with Crippen molar-refractivity contribution in [2.75, 3.05) is 26.2 Å². The summed E-state index contributed by atoms with van der Waals surface area (Å²) >= 11 is 0. The van der Waals surface area contributed by atoms with E-state index in [2.05, 4.69) is 26.7 Å². The molecule has 0 unspecified atom stereocenters. The Hall–Kier alpha value is -1.89. The summed E-state index contributed by atoms with van der Waals surface area (Å²) in [7, 11) is 0. The highest BCUT2D eigenvalue weighted by molar-refractivity contribution is 5.78. The molecule has 1 aromatic heterocycles. The van der Waals surface area contributed by atoms with Crippen molar-refractivity contribution in [3.05, 3.63) is 17.2 Å². The maximum Gasteiger partial charge on any atom is 0.234 e. The molecule has 1 fully saturated rings. The molecule has 1 N–H and O–H groups in total. The molecule has 1 saturated heterocycles. The van der Waals surface area contributed by atoms with E-state index in [-0.39, 0.29) is 17.9 Å². The summed E-state index contributed by atoms with van der Waals surface area (Å²) in [6.45, 7) is 10.1. The Balaban J connectivity index is 1.47. The maximum absolute atomic E-state index is 12.3. The van der Waals surface area contributed by atoms with Gasteiger partial charge < -0.3 is 14.8 Å². The van der Waals surface area contributed by atoms with Gasteiger partial charge in [0.05, 0.1) is 18.8 Å². The summed E-state index contributed by atoms with van der Waals surface area (Å²) in [4.78, 5) is 32.3. The first-order valence-electron chi connectivity index (χ1n) is 8.74. The Bertz CT molecular complexity index is 631. The lowest BCUT2D eigenvalue weighted by Crippen LogP contribution is -2.49. The zero-order chi connectivity index (χ0) is 17.3. The molecule has 0 spiro atoms. The van der Waals surface area contributed by atoms with Crippen LogP contribution in [0.5, 0.6) is 0 Å². The first-order valence-corrected chi connectivity index (χ1v) is 8.74. The quantitative estimate of drug-likeness (QED) is 0.871. The summed E-state index contributed by atoms with van der Waals surface area (Å²) in [6.07, 6.45) is 1.68. The van der Waals surface area contributed by atoms with Gasteiger partial charge in [-0.1, -0.05) is 0 Å². The number of aryl methyl sites for hydroxylation is 1. The number of aromatic nitrogens is 2. The van der Waals surface area contributed by atoms with Gasteiger partial charge in [-0.25, -0.2) is 4.98 Å². The molecule has 2 aliphatic heterocycles. The number of carbonyl (C=O) groups excluding carboxylic acids is 2. The van der Waals surface area contributed by atoms with Crippen LogP contribution < -0.4 is 5.32 Å². The van der Waals surface area contributed by atoms with E-state index in [1.54, 1.807) is 6.92 Å². The molecule has 2 amide bonds. The molecule has 2 aliphatic rings. The third-order valence-corrected chi connectivity index (χ3v) is 5.21. The number of imidazole rings is 1. The lowest BCUT2D eigenvalue weighted by Gasteiger charge is -2.32. The highest BCUT2D eigenvalue weighted by Gasteiger charge is 2.25. The number of likely N-dealkylation sites (tertiary alicyclic amines) is 1. The van der Waals surface area contributed by atoms with Gasteiger partial charge in [0, 0.05) is 44.8 Å². The number of fused-ring (bicyclic) bond motifs is 1. The molecule has 7 heteroatoms. The molecular formula is C17H27N5O2. The van der Waals surface area contributed by atoms with Crippen molar-refractivity contribution < 1.29 is 9.59 Å². The molecule has 0 atom stereocenters. The molecule has 1 aromatic rings. The van der Waals surface area contributed by atoms with Gasteiger partial charge in [-0.15, -0.1) is 0 Å². The molecule has 3 rings (SSSR count).